The van der Waals surface area contributed by atoms with Gasteiger partial charge in [0.25, 0.3) is 0 Å². The highest BCUT2D eigenvalue weighted by Gasteiger charge is 2.26. The van der Waals surface area contributed by atoms with E-state index in [1.807, 2.05) is 4.90 Å². The van der Waals surface area contributed by atoms with Crippen LogP contribution in [0.15, 0.2) is 70.2 Å². The first-order valence-electron chi connectivity index (χ1n) is 10.2. The molecule has 1 unspecified atom stereocenters. The van der Waals surface area contributed by atoms with Gasteiger partial charge in [-0.15, -0.1) is 0 Å². The van der Waals surface area contributed by atoms with Gasteiger partial charge in [-0.1, -0.05) is 0 Å². The van der Waals surface area contributed by atoms with Crippen molar-refractivity contribution in [3.05, 3.63) is 72.9 Å². The molecule has 3 aromatic rings. The smallest absolute Gasteiger partial charge is 0.248 e. The van der Waals surface area contributed by atoms with Crippen molar-refractivity contribution < 1.29 is 18.4 Å². The molecule has 0 aliphatic carbocycles. The van der Waals surface area contributed by atoms with Crippen LogP contribution in [0.25, 0.3) is 12.2 Å². The number of nitrogens with one attached hydrogen (secondary N) is 1. The first-order chi connectivity index (χ1) is 15.2. The first kappa shape index (κ1) is 20.5. The topological polar surface area (TPSA) is 93.5 Å². The highest BCUT2D eigenvalue weighted by atomic mass is 16.3. The SMILES string of the molecule is O=C(/C=C/c1ccco1)Nc1cnn(CC2CCCCN2C(=O)/C=C/c2ccco2)c1. The molecule has 0 saturated carbocycles. The summed E-state index contributed by atoms with van der Waals surface area (Å²) >= 11 is 0. The van der Waals surface area contributed by atoms with E-state index in [1.165, 1.54) is 6.08 Å². The third-order valence-corrected chi connectivity index (χ3v) is 5.08. The maximum Gasteiger partial charge on any atom is 0.248 e. The quantitative estimate of drug-likeness (QED) is 0.587. The molecule has 1 aliphatic heterocycles. The fraction of sp³-hybridized carbons (Fsp3) is 0.261. The normalized spacial score (nSPS) is 16.9. The van der Waals surface area contributed by atoms with Gasteiger partial charge >= 0.3 is 0 Å². The molecule has 4 heterocycles. The molecule has 0 spiro atoms. The molecule has 3 aromatic heterocycles. The number of likely N-dealkylation sites (tertiary alicyclic amines) is 1. The van der Waals surface area contributed by atoms with Crippen LogP contribution in [0.5, 0.6) is 0 Å². The van der Waals surface area contributed by atoms with Crippen LogP contribution < -0.4 is 5.32 Å². The van der Waals surface area contributed by atoms with Crippen LogP contribution in [0.3, 0.4) is 0 Å². The molecule has 2 amide bonds. The Kier molecular flexibility index (Phi) is 6.47. The Morgan fingerprint density at radius 1 is 1.10 bits per heavy atom. The fourth-order valence-corrected chi connectivity index (χ4v) is 3.59. The van der Waals surface area contributed by atoms with Gasteiger partial charge in [0.2, 0.25) is 11.8 Å². The molecule has 1 fully saturated rings. The average Bonchev–Trinajstić information content (AvgIpc) is 3.54. The number of carbonyl (C=O) groups is 2. The molecule has 31 heavy (non-hydrogen) atoms. The molecule has 0 aromatic carbocycles. The Labute approximate surface area is 179 Å². The molecule has 8 nitrogen and oxygen atoms in total. The van der Waals surface area contributed by atoms with Crippen LogP contribution in [0, 0.1) is 0 Å². The monoisotopic (exact) mass is 420 g/mol. The minimum Gasteiger partial charge on any atom is -0.465 e. The summed E-state index contributed by atoms with van der Waals surface area (Å²) in [5.41, 5.74) is 0.598. The van der Waals surface area contributed by atoms with Crippen molar-refractivity contribution in [1.82, 2.24) is 14.7 Å². The average molecular weight is 420 g/mol. The second kappa shape index (κ2) is 9.80. The van der Waals surface area contributed by atoms with Gasteiger partial charge in [-0.3, -0.25) is 14.3 Å². The van der Waals surface area contributed by atoms with E-state index in [0.717, 1.165) is 19.3 Å². The summed E-state index contributed by atoms with van der Waals surface area (Å²) in [5, 5.41) is 7.12. The number of rotatable bonds is 7. The molecule has 0 bridgehead atoms. The third kappa shape index (κ3) is 5.63. The molecule has 0 radical (unpaired) electrons. The van der Waals surface area contributed by atoms with Crippen molar-refractivity contribution in [3.63, 3.8) is 0 Å². The number of amides is 2. The van der Waals surface area contributed by atoms with E-state index in [-0.39, 0.29) is 17.9 Å². The van der Waals surface area contributed by atoms with Crippen LogP contribution in [0.4, 0.5) is 5.69 Å². The summed E-state index contributed by atoms with van der Waals surface area (Å²) in [6.45, 7) is 1.28. The molecule has 1 N–H and O–H groups in total. The zero-order valence-corrected chi connectivity index (χ0v) is 17.0. The molecule has 1 saturated heterocycles. The number of hydrogen-bond acceptors (Lipinski definition) is 5. The number of aromatic nitrogens is 2. The summed E-state index contributed by atoms with van der Waals surface area (Å²) in [6, 6.07) is 7.16. The van der Waals surface area contributed by atoms with Gasteiger partial charge in [-0.25, -0.2) is 0 Å². The van der Waals surface area contributed by atoms with E-state index in [4.69, 9.17) is 8.83 Å². The number of carbonyl (C=O) groups excluding carboxylic acids is 2. The van der Waals surface area contributed by atoms with Gasteiger partial charge in [-0.05, 0) is 55.7 Å². The van der Waals surface area contributed by atoms with Gasteiger partial charge in [0.15, 0.2) is 0 Å². The van der Waals surface area contributed by atoms with Gasteiger partial charge in [-0.2, -0.15) is 5.10 Å². The van der Waals surface area contributed by atoms with Gasteiger partial charge in [0, 0.05) is 24.9 Å². The number of furan rings is 2. The number of nitrogens with zero attached hydrogens (tertiary/aromatic N) is 3. The maximum atomic E-state index is 12.7. The summed E-state index contributed by atoms with van der Waals surface area (Å²) in [7, 11) is 0. The van der Waals surface area contributed by atoms with Crippen molar-refractivity contribution in [2.45, 2.75) is 31.8 Å². The Hall–Kier alpha value is -3.81. The lowest BCUT2D eigenvalue weighted by Gasteiger charge is -2.35. The van der Waals surface area contributed by atoms with Gasteiger partial charge in [0.05, 0.1) is 37.0 Å². The highest BCUT2D eigenvalue weighted by Crippen LogP contribution is 2.20. The molecule has 160 valence electrons. The minimum atomic E-state index is -0.270. The number of anilines is 1. The van der Waals surface area contributed by atoms with Crippen LogP contribution in [0.1, 0.15) is 30.8 Å². The second-order valence-corrected chi connectivity index (χ2v) is 7.32. The van der Waals surface area contributed by atoms with Crippen molar-refractivity contribution in [3.8, 4) is 0 Å². The fourth-order valence-electron chi connectivity index (χ4n) is 3.59. The van der Waals surface area contributed by atoms with Crippen molar-refractivity contribution in [2.75, 3.05) is 11.9 Å². The Balaban J connectivity index is 1.34. The van der Waals surface area contributed by atoms with Crippen molar-refractivity contribution in [1.29, 1.82) is 0 Å². The molecule has 1 aliphatic rings. The molecule has 4 rings (SSSR count). The molecule has 8 heteroatoms. The van der Waals surface area contributed by atoms with E-state index in [1.54, 1.807) is 72.1 Å². The Bertz CT molecular complexity index is 1050. The third-order valence-electron chi connectivity index (χ3n) is 5.08. The van der Waals surface area contributed by atoms with E-state index in [0.29, 0.717) is 30.3 Å². The van der Waals surface area contributed by atoms with Gasteiger partial charge in [0.1, 0.15) is 11.5 Å². The van der Waals surface area contributed by atoms with Crippen molar-refractivity contribution in [2.24, 2.45) is 0 Å². The zero-order valence-electron chi connectivity index (χ0n) is 17.0. The Morgan fingerprint density at radius 2 is 1.84 bits per heavy atom. The predicted molar refractivity (Wildman–Crippen MR) is 116 cm³/mol. The summed E-state index contributed by atoms with van der Waals surface area (Å²) in [6.07, 6.45) is 15.7. The van der Waals surface area contributed by atoms with Crippen molar-refractivity contribution >= 4 is 29.7 Å². The molecule has 1 atom stereocenters. The lowest BCUT2D eigenvalue weighted by molar-refractivity contribution is -0.129. The maximum absolute atomic E-state index is 12.7. The second-order valence-electron chi connectivity index (χ2n) is 7.32. The van der Waals surface area contributed by atoms with E-state index in [9.17, 15) is 9.59 Å². The van der Waals surface area contributed by atoms with E-state index < -0.39 is 0 Å². The van der Waals surface area contributed by atoms with Crippen LogP contribution >= 0.6 is 0 Å². The standard InChI is InChI=1S/C23H24N4O4/c28-22(10-8-20-6-3-13-30-20)25-18-15-24-26(16-18)17-19-5-1-2-12-27(19)23(29)11-9-21-7-4-14-31-21/h3-4,6-11,13-16,19H,1-2,5,12,17H2,(H,25,28)/b10-8+,11-9+. The van der Waals surface area contributed by atoms with Gasteiger partial charge < -0.3 is 19.1 Å². The lowest BCUT2D eigenvalue weighted by atomic mass is 10.0. The van der Waals surface area contributed by atoms with E-state index in [2.05, 4.69) is 10.4 Å². The zero-order chi connectivity index (χ0) is 21.5. The number of hydrogen-bond donors (Lipinski definition) is 1. The van der Waals surface area contributed by atoms with Crippen LogP contribution in [-0.2, 0) is 16.1 Å². The van der Waals surface area contributed by atoms with Crippen LogP contribution in [0.2, 0.25) is 0 Å². The van der Waals surface area contributed by atoms with Crippen LogP contribution in [-0.4, -0.2) is 39.1 Å². The van der Waals surface area contributed by atoms with E-state index >= 15 is 0 Å². The first-order valence-corrected chi connectivity index (χ1v) is 10.2. The summed E-state index contributed by atoms with van der Waals surface area (Å²) in [5.74, 6) is 0.947. The minimum absolute atomic E-state index is 0.0372. The molecular formula is C23H24N4O4. The molecular weight excluding hydrogens is 396 g/mol. The largest absolute Gasteiger partial charge is 0.465 e. The Morgan fingerprint density at radius 3 is 2.55 bits per heavy atom. The highest BCUT2D eigenvalue weighted by molar-refractivity contribution is 6.01. The lowest BCUT2D eigenvalue weighted by Crippen LogP contribution is -2.45. The predicted octanol–water partition coefficient (Wildman–Crippen LogP) is 3.82. The summed E-state index contributed by atoms with van der Waals surface area (Å²) < 4.78 is 12.2. The number of piperidine rings is 1. The summed E-state index contributed by atoms with van der Waals surface area (Å²) in [4.78, 5) is 26.7.